The SMILES string of the molecule is CCNC(=NCc1ccc(-n2cccn2)cc1)N1CCN(C(=O)OCC)CC1. The number of benzene rings is 1. The van der Waals surface area contributed by atoms with Gasteiger partial charge >= 0.3 is 6.09 Å². The Hall–Kier alpha value is -3.03. The summed E-state index contributed by atoms with van der Waals surface area (Å²) in [6, 6.07) is 10.1. The van der Waals surface area contributed by atoms with Crippen molar-refractivity contribution in [1.29, 1.82) is 0 Å². The van der Waals surface area contributed by atoms with Crippen LogP contribution in [0.3, 0.4) is 0 Å². The molecule has 1 fully saturated rings. The molecule has 8 heteroatoms. The highest BCUT2D eigenvalue weighted by Crippen LogP contribution is 2.10. The normalized spacial score (nSPS) is 14.9. The highest BCUT2D eigenvalue weighted by atomic mass is 16.6. The smallest absolute Gasteiger partial charge is 0.409 e. The van der Waals surface area contributed by atoms with Gasteiger partial charge in [0, 0.05) is 45.1 Å². The first-order valence-electron chi connectivity index (χ1n) is 9.75. The Morgan fingerprint density at radius 1 is 1.14 bits per heavy atom. The van der Waals surface area contributed by atoms with Gasteiger partial charge in [0.1, 0.15) is 0 Å². The van der Waals surface area contributed by atoms with Crippen molar-refractivity contribution in [3.8, 4) is 5.69 Å². The van der Waals surface area contributed by atoms with E-state index in [0.29, 0.717) is 26.2 Å². The summed E-state index contributed by atoms with van der Waals surface area (Å²) in [6.07, 6.45) is 3.45. The van der Waals surface area contributed by atoms with Gasteiger partial charge in [-0.3, -0.25) is 0 Å². The molecule has 0 bridgehead atoms. The van der Waals surface area contributed by atoms with Crippen LogP contribution in [0.15, 0.2) is 47.7 Å². The Morgan fingerprint density at radius 3 is 2.46 bits per heavy atom. The molecule has 1 aromatic heterocycles. The summed E-state index contributed by atoms with van der Waals surface area (Å²) in [4.78, 5) is 20.6. The number of carbonyl (C=O) groups is 1. The topological polar surface area (TPSA) is 75.0 Å². The fraction of sp³-hybridized carbons (Fsp3) is 0.450. The van der Waals surface area contributed by atoms with Crippen LogP contribution < -0.4 is 5.32 Å². The predicted molar refractivity (Wildman–Crippen MR) is 109 cm³/mol. The van der Waals surface area contributed by atoms with E-state index in [4.69, 9.17) is 9.73 Å². The van der Waals surface area contributed by atoms with Gasteiger partial charge in [0.15, 0.2) is 5.96 Å². The summed E-state index contributed by atoms with van der Waals surface area (Å²) in [5, 5.41) is 7.59. The van der Waals surface area contributed by atoms with Crippen molar-refractivity contribution >= 4 is 12.1 Å². The maximum atomic E-state index is 11.9. The molecule has 1 saturated heterocycles. The van der Waals surface area contributed by atoms with Crippen LogP contribution in [0.25, 0.3) is 5.69 Å². The lowest BCUT2D eigenvalue weighted by atomic mass is 10.2. The molecule has 0 radical (unpaired) electrons. The lowest BCUT2D eigenvalue weighted by molar-refractivity contribution is 0.0914. The van der Waals surface area contributed by atoms with Crippen LogP contribution in [0.5, 0.6) is 0 Å². The largest absolute Gasteiger partial charge is 0.450 e. The van der Waals surface area contributed by atoms with Crippen LogP contribution in [0, 0.1) is 0 Å². The van der Waals surface area contributed by atoms with Gasteiger partial charge in [-0.25, -0.2) is 14.5 Å². The van der Waals surface area contributed by atoms with Gasteiger partial charge in [-0.15, -0.1) is 0 Å². The third-order valence-electron chi connectivity index (χ3n) is 4.56. The van der Waals surface area contributed by atoms with Crippen LogP contribution in [0.1, 0.15) is 19.4 Å². The number of guanidine groups is 1. The molecule has 2 aromatic rings. The van der Waals surface area contributed by atoms with Gasteiger partial charge in [-0.1, -0.05) is 12.1 Å². The quantitative estimate of drug-likeness (QED) is 0.631. The van der Waals surface area contributed by atoms with Gasteiger partial charge in [-0.05, 0) is 37.6 Å². The van der Waals surface area contributed by atoms with Crippen LogP contribution in [-0.2, 0) is 11.3 Å². The van der Waals surface area contributed by atoms with Crippen LogP contribution in [0.4, 0.5) is 4.79 Å². The standard InChI is InChI=1S/C20H28N6O2/c1-3-21-19(24-12-14-25(15-13-24)20(27)28-4-2)22-16-17-6-8-18(9-7-17)26-11-5-10-23-26/h5-11H,3-4,12-16H2,1-2H3,(H,21,22). The maximum absolute atomic E-state index is 11.9. The second-order valence-electron chi connectivity index (χ2n) is 6.46. The van der Waals surface area contributed by atoms with Crippen LogP contribution in [-0.4, -0.2) is 71.0 Å². The molecule has 1 aliphatic heterocycles. The molecular formula is C20H28N6O2. The summed E-state index contributed by atoms with van der Waals surface area (Å²) >= 11 is 0. The monoisotopic (exact) mass is 384 g/mol. The molecule has 28 heavy (non-hydrogen) atoms. The zero-order chi connectivity index (χ0) is 19.8. The number of rotatable bonds is 5. The number of amides is 1. The van der Waals surface area contributed by atoms with Crippen molar-refractivity contribution in [1.82, 2.24) is 24.9 Å². The second-order valence-corrected chi connectivity index (χ2v) is 6.46. The molecule has 8 nitrogen and oxygen atoms in total. The molecule has 0 unspecified atom stereocenters. The van der Waals surface area contributed by atoms with E-state index in [2.05, 4.69) is 34.4 Å². The summed E-state index contributed by atoms with van der Waals surface area (Å²) in [5.41, 5.74) is 2.16. The van der Waals surface area contributed by atoms with Gasteiger partial charge in [0.25, 0.3) is 0 Å². The molecular weight excluding hydrogens is 356 g/mol. The minimum absolute atomic E-state index is 0.235. The molecule has 0 saturated carbocycles. The summed E-state index contributed by atoms with van der Waals surface area (Å²) in [6.45, 7) is 8.45. The molecule has 0 spiro atoms. The minimum Gasteiger partial charge on any atom is -0.450 e. The number of nitrogens with one attached hydrogen (secondary N) is 1. The van der Waals surface area contributed by atoms with E-state index in [1.807, 2.05) is 36.0 Å². The number of hydrogen-bond donors (Lipinski definition) is 1. The Morgan fingerprint density at radius 2 is 1.86 bits per heavy atom. The van der Waals surface area contributed by atoms with Crippen molar-refractivity contribution in [3.05, 3.63) is 48.3 Å². The van der Waals surface area contributed by atoms with Crippen molar-refractivity contribution in [2.24, 2.45) is 4.99 Å². The first-order chi connectivity index (χ1) is 13.7. The number of ether oxygens (including phenoxy) is 1. The zero-order valence-electron chi connectivity index (χ0n) is 16.5. The predicted octanol–water partition coefficient (Wildman–Crippen LogP) is 2.11. The number of piperazine rings is 1. The van der Waals surface area contributed by atoms with E-state index >= 15 is 0 Å². The van der Waals surface area contributed by atoms with E-state index in [-0.39, 0.29) is 6.09 Å². The summed E-state index contributed by atoms with van der Waals surface area (Å²) < 4.78 is 6.92. The number of aliphatic imine (C=N–C) groups is 1. The first kappa shape index (κ1) is 19.7. The van der Waals surface area contributed by atoms with E-state index in [9.17, 15) is 4.79 Å². The molecule has 150 valence electrons. The highest BCUT2D eigenvalue weighted by Gasteiger charge is 2.23. The van der Waals surface area contributed by atoms with E-state index < -0.39 is 0 Å². The molecule has 3 rings (SSSR count). The van der Waals surface area contributed by atoms with E-state index in [1.165, 1.54) is 0 Å². The summed E-state index contributed by atoms with van der Waals surface area (Å²) in [7, 11) is 0. The average molecular weight is 384 g/mol. The van der Waals surface area contributed by atoms with Gasteiger partial charge < -0.3 is 19.9 Å². The van der Waals surface area contributed by atoms with Crippen molar-refractivity contribution < 1.29 is 9.53 Å². The third-order valence-corrected chi connectivity index (χ3v) is 4.56. The average Bonchev–Trinajstić information content (AvgIpc) is 3.27. The summed E-state index contributed by atoms with van der Waals surface area (Å²) in [5.74, 6) is 0.877. The highest BCUT2D eigenvalue weighted by molar-refractivity contribution is 5.80. The molecule has 1 aliphatic rings. The molecule has 1 amide bonds. The molecule has 0 aliphatic carbocycles. The third kappa shape index (κ3) is 5.03. The number of aromatic nitrogens is 2. The number of carbonyl (C=O) groups excluding carboxylic acids is 1. The minimum atomic E-state index is -0.235. The Labute approximate surface area is 165 Å². The second kappa shape index (κ2) is 9.77. The van der Waals surface area contributed by atoms with Gasteiger partial charge in [0.2, 0.25) is 0 Å². The lowest BCUT2D eigenvalue weighted by Crippen LogP contribution is -2.53. The lowest BCUT2D eigenvalue weighted by Gasteiger charge is -2.35. The fourth-order valence-corrected chi connectivity index (χ4v) is 3.08. The van der Waals surface area contributed by atoms with E-state index in [1.54, 1.807) is 11.1 Å². The van der Waals surface area contributed by atoms with Crippen molar-refractivity contribution in [3.63, 3.8) is 0 Å². The number of nitrogens with zero attached hydrogens (tertiary/aromatic N) is 5. The molecule has 2 heterocycles. The Balaban J connectivity index is 1.59. The van der Waals surface area contributed by atoms with Crippen LogP contribution >= 0.6 is 0 Å². The van der Waals surface area contributed by atoms with Gasteiger partial charge in [0.05, 0.1) is 18.8 Å². The Kier molecular flexibility index (Phi) is 6.89. The van der Waals surface area contributed by atoms with Crippen molar-refractivity contribution in [2.75, 3.05) is 39.3 Å². The van der Waals surface area contributed by atoms with Gasteiger partial charge in [-0.2, -0.15) is 5.10 Å². The van der Waals surface area contributed by atoms with Crippen LogP contribution in [0.2, 0.25) is 0 Å². The first-order valence-corrected chi connectivity index (χ1v) is 9.75. The molecule has 1 aromatic carbocycles. The number of hydrogen-bond acceptors (Lipinski definition) is 4. The Bertz CT molecular complexity index is 765. The van der Waals surface area contributed by atoms with E-state index in [0.717, 1.165) is 36.8 Å². The van der Waals surface area contributed by atoms with Crippen molar-refractivity contribution in [2.45, 2.75) is 20.4 Å². The fourth-order valence-electron chi connectivity index (χ4n) is 3.08. The molecule has 0 atom stereocenters. The zero-order valence-corrected chi connectivity index (χ0v) is 16.5. The molecule has 1 N–H and O–H groups in total. The maximum Gasteiger partial charge on any atom is 0.409 e.